The van der Waals surface area contributed by atoms with Crippen LogP contribution in [0.2, 0.25) is 0 Å². The summed E-state index contributed by atoms with van der Waals surface area (Å²) in [5.41, 5.74) is 3.33. The second-order valence-electron chi connectivity index (χ2n) is 3.76. The van der Waals surface area contributed by atoms with E-state index in [9.17, 15) is 4.79 Å². The van der Waals surface area contributed by atoms with E-state index in [1.165, 1.54) is 12.5 Å². The minimum atomic E-state index is 0.00171. The fraction of sp³-hybridized carbons (Fsp3) is 0.154. The molecular weight excluding hydrogens is 268 g/mol. The highest BCUT2D eigenvalue weighted by atomic mass is 79.9. The van der Waals surface area contributed by atoms with Crippen LogP contribution >= 0.6 is 15.9 Å². The van der Waals surface area contributed by atoms with Gasteiger partial charge in [0.15, 0.2) is 5.78 Å². The molecule has 82 valence electrons. The molecule has 2 aromatic rings. The van der Waals surface area contributed by atoms with Gasteiger partial charge in [0, 0.05) is 10.0 Å². The maximum Gasteiger partial charge on any atom is 0.196 e. The van der Waals surface area contributed by atoms with Crippen LogP contribution < -0.4 is 0 Å². The Hall–Kier alpha value is -1.35. The molecule has 0 atom stereocenters. The molecule has 3 heteroatoms. The van der Waals surface area contributed by atoms with Gasteiger partial charge < -0.3 is 4.42 Å². The number of aryl methyl sites for hydroxylation is 2. The standard InChI is InChI=1S/C13H11BrO2/c1-8-6-12(14)9(2)5-11(8)13(15)10-3-4-16-7-10/h3-7H,1-2H3. The summed E-state index contributed by atoms with van der Waals surface area (Å²) in [6.07, 6.45) is 2.98. The van der Waals surface area contributed by atoms with E-state index in [-0.39, 0.29) is 5.78 Å². The third kappa shape index (κ3) is 1.95. The van der Waals surface area contributed by atoms with Crippen molar-refractivity contribution in [1.82, 2.24) is 0 Å². The predicted octanol–water partition coefficient (Wildman–Crippen LogP) is 3.89. The third-order valence-electron chi connectivity index (χ3n) is 2.53. The summed E-state index contributed by atoms with van der Waals surface area (Å²) in [4.78, 5) is 12.1. The number of carbonyl (C=O) groups excluding carboxylic acids is 1. The summed E-state index contributed by atoms with van der Waals surface area (Å²) in [6, 6.07) is 5.54. The van der Waals surface area contributed by atoms with E-state index in [1.807, 2.05) is 26.0 Å². The highest BCUT2D eigenvalue weighted by Gasteiger charge is 2.14. The minimum Gasteiger partial charge on any atom is -0.472 e. The van der Waals surface area contributed by atoms with Crippen LogP contribution in [0.1, 0.15) is 27.0 Å². The van der Waals surface area contributed by atoms with Crippen LogP contribution in [0.5, 0.6) is 0 Å². The van der Waals surface area contributed by atoms with Crippen LogP contribution in [0.15, 0.2) is 39.6 Å². The quantitative estimate of drug-likeness (QED) is 0.781. The molecule has 0 saturated heterocycles. The van der Waals surface area contributed by atoms with Crippen LogP contribution in [0.25, 0.3) is 0 Å². The Morgan fingerprint density at radius 1 is 1.25 bits per heavy atom. The van der Waals surface area contributed by atoms with Crippen molar-refractivity contribution in [2.45, 2.75) is 13.8 Å². The Labute approximate surface area is 102 Å². The first-order valence-electron chi connectivity index (χ1n) is 4.93. The van der Waals surface area contributed by atoms with Crippen molar-refractivity contribution in [1.29, 1.82) is 0 Å². The van der Waals surface area contributed by atoms with Crippen molar-refractivity contribution in [3.63, 3.8) is 0 Å². The van der Waals surface area contributed by atoms with Crippen molar-refractivity contribution in [3.8, 4) is 0 Å². The van der Waals surface area contributed by atoms with Crippen molar-refractivity contribution in [2.24, 2.45) is 0 Å². The minimum absolute atomic E-state index is 0.00171. The first-order chi connectivity index (χ1) is 7.59. The van der Waals surface area contributed by atoms with E-state index >= 15 is 0 Å². The molecule has 0 bridgehead atoms. The molecule has 0 aliphatic rings. The molecule has 0 saturated carbocycles. The van der Waals surface area contributed by atoms with Gasteiger partial charge in [0.1, 0.15) is 6.26 Å². The smallest absolute Gasteiger partial charge is 0.196 e. The fourth-order valence-corrected chi connectivity index (χ4v) is 2.03. The molecule has 1 aromatic carbocycles. The lowest BCUT2D eigenvalue weighted by atomic mass is 9.99. The molecule has 0 amide bonds. The van der Waals surface area contributed by atoms with Crippen LogP contribution in [0.4, 0.5) is 0 Å². The summed E-state index contributed by atoms with van der Waals surface area (Å²) < 4.78 is 5.94. The Morgan fingerprint density at radius 3 is 2.62 bits per heavy atom. The molecule has 0 aliphatic carbocycles. The maximum atomic E-state index is 12.1. The van der Waals surface area contributed by atoms with Crippen molar-refractivity contribution in [3.05, 3.63) is 57.5 Å². The number of hydrogen-bond acceptors (Lipinski definition) is 2. The van der Waals surface area contributed by atoms with Gasteiger partial charge in [0.05, 0.1) is 11.8 Å². The van der Waals surface area contributed by atoms with Crippen LogP contribution in [0, 0.1) is 13.8 Å². The average molecular weight is 279 g/mol. The van der Waals surface area contributed by atoms with E-state index in [0.717, 1.165) is 21.2 Å². The number of halogens is 1. The molecule has 0 spiro atoms. The van der Waals surface area contributed by atoms with Gasteiger partial charge >= 0.3 is 0 Å². The van der Waals surface area contributed by atoms with Crippen molar-refractivity contribution in [2.75, 3.05) is 0 Å². The Morgan fingerprint density at radius 2 is 2.00 bits per heavy atom. The number of carbonyl (C=O) groups is 1. The zero-order valence-corrected chi connectivity index (χ0v) is 10.7. The normalized spacial score (nSPS) is 10.4. The number of hydrogen-bond donors (Lipinski definition) is 0. The topological polar surface area (TPSA) is 30.2 Å². The lowest BCUT2D eigenvalue weighted by molar-refractivity contribution is 0.103. The Kier molecular flexibility index (Phi) is 2.97. The van der Waals surface area contributed by atoms with E-state index < -0.39 is 0 Å². The zero-order chi connectivity index (χ0) is 11.7. The second-order valence-corrected chi connectivity index (χ2v) is 4.61. The van der Waals surface area contributed by atoms with Gasteiger partial charge in [-0.15, -0.1) is 0 Å². The third-order valence-corrected chi connectivity index (χ3v) is 3.39. The van der Waals surface area contributed by atoms with Gasteiger partial charge in [-0.2, -0.15) is 0 Å². The number of ketones is 1. The lowest BCUT2D eigenvalue weighted by Gasteiger charge is -2.06. The molecule has 0 aliphatic heterocycles. The van der Waals surface area contributed by atoms with Crippen LogP contribution in [-0.4, -0.2) is 5.78 Å². The molecule has 2 rings (SSSR count). The molecule has 2 nitrogen and oxygen atoms in total. The fourth-order valence-electron chi connectivity index (χ4n) is 1.57. The second kappa shape index (κ2) is 4.26. The maximum absolute atomic E-state index is 12.1. The summed E-state index contributed by atoms with van der Waals surface area (Å²) in [6.45, 7) is 3.90. The summed E-state index contributed by atoms with van der Waals surface area (Å²) in [5.74, 6) is 0.00171. The Balaban J connectivity index is 2.49. The first-order valence-corrected chi connectivity index (χ1v) is 5.72. The monoisotopic (exact) mass is 278 g/mol. The molecule has 1 heterocycles. The number of benzene rings is 1. The lowest BCUT2D eigenvalue weighted by Crippen LogP contribution is -2.03. The van der Waals surface area contributed by atoms with Crippen LogP contribution in [0.3, 0.4) is 0 Å². The predicted molar refractivity (Wildman–Crippen MR) is 65.8 cm³/mol. The SMILES string of the molecule is Cc1cc(C(=O)c2ccoc2)c(C)cc1Br. The average Bonchev–Trinajstić information content (AvgIpc) is 2.75. The summed E-state index contributed by atoms with van der Waals surface area (Å²) in [5, 5.41) is 0. The highest BCUT2D eigenvalue weighted by molar-refractivity contribution is 9.10. The van der Waals surface area contributed by atoms with Crippen LogP contribution in [-0.2, 0) is 0 Å². The zero-order valence-electron chi connectivity index (χ0n) is 9.08. The first kappa shape index (κ1) is 11.1. The van der Waals surface area contributed by atoms with E-state index in [0.29, 0.717) is 5.56 Å². The Bertz CT molecular complexity index is 527. The number of furan rings is 1. The van der Waals surface area contributed by atoms with Gasteiger partial charge in [-0.1, -0.05) is 15.9 Å². The summed E-state index contributed by atoms with van der Waals surface area (Å²) >= 11 is 3.45. The van der Waals surface area contributed by atoms with Gasteiger partial charge in [-0.25, -0.2) is 0 Å². The largest absolute Gasteiger partial charge is 0.472 e. The molecule has 1 aromatic heterocycles. The molecule has 0 fully saturated rings. The van der Waals surface area contributed by atoms with Gasteiger partial charge in [-0.3, -0.25) is 4.79 Å². The van der Waals surface area contributed by atoms with Crippen molar-refractivity contribution >= 4 is 21.7 Å². The molecule has 0 unspecified atom stereocenters. The molecule has 0 radical (unpaired) electrons. The molecular formula is C13H11BrO2. The summed E-state index contributed by atoms with van der Waals surface area (Å²) in [7, 11) is 0. The van der Waals surface area contributed by atoms with E-state index in [4.69, 9.17) is 4.42 Å². The number of rotatable bonds is 2. The molecule has 0 N–H and O–H groups in total. The van der Waals surface area contributed by atoms with E-state index in [2.05, 4.69) is 15.9 Å². The molecule has 16 heavy (non-hydrogen) atoms. The van der Waals surface area contributed by atoms with Gasteiger partial charge in [-0.05, 0) is 43.2 Å². The van der Waals surface area contributed by atoms with Gasteiger partial charge in [0.25, 0.3) is 0 Å². The van der Waals surface area contributed by atoms with Crippen molar-refractivity contribution < 1.29 is 9.21 Å². The van der Waals surface area contributed by atoms with Gasteiger partial charge in [0.2, 0.25) is 0 Å². The van der Waals surface area contributed by atoms with E-state index in [1.54, 1.807) is 6.07 Å². The highest BCUT2D eigenvalue weighted by Crippen LogP contribution is 2.23.